The van der Waals surface area contributed by atoms with E-state index in [1.165, 1.54) is 6.07 Å². The molecule has 0 spiro atoms. The number of nitrogens with zero attached hydrogens (tertiary/aromatic N) is 2. The molecule has 1 aromatic carbocycles. The van der Waals surface area contributed by atoms with Crippen LogP contribution in [-0.2, 0) is 6.54 Å². The Bertz CT molecular complexity index is 553. The van der Waals surface area contributed by atoms with Crippen LogP contribution in [-0.4, -0.2) is 16.3 Å². The lowest BCUT2D eigenvalue weighted by Crippen LogP contribution is -2.25. The molecule has 0 fully saturated rings. The zero-order chi connectivity index (χ0) is 13.8. The first-order chi connectivity index (χ1) is 9.17. The Balaban J connectivity index is 2.48. The molecule has 102 valence electrons. The molecule has 1 N–H and O–H groups in total. The predicted octanol–water partition coefficient (Wildman–Crippen LogP) is 3.50. The normalized spacial score (nSPS) is 12.6. The summed E-state index contributed by atoms with van der Waals surface area (Å²) < 4.78 is 16.8. The lowest BCUT2D eigenvalue weighted by atomic mass is 10.0. The second kappa shape index (κ2) is 6.30. The standard InChI is InChI=1S/C14H17BrFN3/c1-3-17-14(13-7-8-18-19(13)4-2)11-9-10(15)5-6-12(11)16/h5-9,14,17H,3-4H2,1-2H3. The summed E-state index contributed by atoms with van der Waals surface area (Å²) in [5.41, 5.74) is 1.60. The van der Waals surface area contributed by atoms with E-state index in [9.17, 15) is 4.39 Å². The maximum Gasteiger partial charge on any atom is 0.128 e. The van der Waals surface area contributed by atoms with Crippen molar-refractivity contribution in [2.75, 3.05) is 6.54 Å². The molecule has 0 bridgehead atoms. The smallest absolute Gasteiger partial charge is 0.128 e. The van der Waals surface area contributed by atoms with Crippen LogP contribution in [0, 0.1) is 5.82 Å². The van der Waals surface area contributed by atoms with Gasteiger partial charge in [-0.1, -0.05) is 22.9 Å². The van der Waals surface area contributed by atoms with Gasteiger partial charge in [0.2, 0.25) is 0 Å². The first-order valence-corrected chi connectivity index (χ1v) is 7.16. The topological polar surface area (TPSA) is 29.9 Å². The van der Waals surface area contributed by atoms with E-state index in [2.05, 4.69) is 26.3 Å². The summed E-state index contributed by atoms with van der Waals surface area (Å²) in [6.45, 7) is 5.55. The molecular weight excluding hydrogens is 309 g/mol. The zero-order valence-electron chi connectivity index (χ0n) is 11.0. The highest BCUT2D eigenvalue weighted by Crippen LogP contribution is 2.27. The van der Waals surface area contributed by atoms with Crippen LogP contribution in [0.3, 0.4) is 0 Å². The molecule has 2 rings (SSSR count). The Morgan fingerprint density at radius 3 is 2.84 bits per heavy atom. The molecule has 0 saturated carbocycles. The van der Waals surface area contributed by atoms with E-state index in [0.717, 1.165) is 23.3 Å². The number of benzene rings is 1. The Morgan fingerprint density at radius 1 is 1.37 bits per heavy atom. The van der Waals surface area contributed by atoms with E-state index in [1.807, 2.05) is 30.7 Å². The van der Waals surface area contributed by atoms with E-state index >= 15 is 0 Å². The van der Waals surface area contributed by atoms with Crippen molar-refractivity contribution >= 4 is 15.9 Å². The lowest BCUT2D eigenvalue weighted by molar-refractivity contribution is 0.515. The molecule has 2 aromatic rings. The van der Waals surface area contributed by atoms with Gasteiger partial charge < -0.3 is 5.32 Å². The minimum atomic E-state index is -0.210. The molecule has 19 heavy (non-hydrogen) atoms. The predicted molar refractivity (Wildman–Crippen MR) is 77.5 cm³/mol. The van der Waals surface area contributed by atoms with Crippen molar-refractivity contribution in [2.24, 2.45) is 0 Å². The third-order valence-electron chi connectivity index (χ3n) is 3.02. The zero-order valence-corrected chi connectivity index (χ0v) is 12.6. The number of aryl methyl sites for hydroxylation is 1. The number of halogens is 2. The maximum atomic E-state index is 14.1. The molecule has 0 amide bonds. The van der Waals surface area contributed by atoms with Crippen LogP contribution in [0.25, 0.3) is 0 Å². The first kappa shape index (κ1) is 14.2. The average Bonchev–Trinajstić information content (AvgIpc) is 2.87. The van der Waals surface area contributed by atoms with Crippen molar-refractivity contribution in [3.8, 4) is 0 Å². The Labute approximate surface area is 121 Å². The number of rotatable bonds is 5. The molecule has 1 unspecified atom stereocenters. The summed E-state index contributed by atoms with van der Waals surface area (Å²) in [5, 5.41) is 7.58. The molecule has 0 aliphatic heterocycles. The van der Waals surface area contributed by atoms with Gasteiger partial charge in [0.25, 0.3) is 0 Å². The fourth-order valence-corrected chi connectivity index (χ4v) is 2.54. The van der Waals surface area contributed by atoms with Gasteiger partial charge >= 0.3 is 0 Å². The SMILES string of the molecule is CCNC(c1cc(Br)ccc1F)c1ccnn1CC. The summed E-state index contributed by atoms with van der Waals surface area (Å²) >= 11 is 3.40. The van der Waals surface area contributed by atoms with E-state index in [0.29, 0.717) is 5.56 Å². The first-order valence-electron chi connectivity index (χ1n) is 6.37. The van der Waals surface area contributed by atoms with E-state index in [4.69, 9.17) is 0 Å². The van der Waals surface area contributed by atoms with Crippen LogP contribution in [0.5, 0.6) is 0 Å². The Morgan fingerprint density at radius 2 is 2.16 bits per heavy atom. The molecule has 1 aromatic heterocycles. The Kier molecular flexibility index (Phi) is 4.71. The van der Waals surface area contributed by atoms with E-state index in [-0.39, 0.29) is 11.9 Å². The van der Waals surface area contributed by atoms with Crippen LogP contribution in [0.2, 0.25) is 0 Å². The fraction of sp³-hybridized carbons (Fsp3) is 0.357. The summed E-state index contributed by atoms with van der Waals surface area (Å²) in [6.07, 6.45) is 1.75. The van der Waals surface area contributed by atoms with E-state index < -0.39 is 0 Å². The highest BCUT2D eigenvalue weighted by molar-refractivity contribution is 9.10. The second-order valence-corrected chi connectivity index (χ2v) is 5.14. The molecule has 1 heterocycles. The monoisotopic (exact) mass is 325 g/mol. The third kappa shape index (κ3) is 3.04. The van der Waals surface area contributed by atoms with Crippen molar-refractivity contribution in [3.05, 3.63) is 52.0 Å². The number of nitrogens with one attached hydrogen (secondary N) is 1. The molecule has 1 atom stereocenters. The highest BCUT2D eigenvalue weighted by Gasteiger charge is 2.20. The van der Waals surface area contributed by atoms with Crippen molar-refractivity contribution < 1.29 is 4.39 Å². The van der Waals surface area contributed by atoms with Crippen molar-refractivity contribution in [1.29, 1.82) is 0 Å². The van der Waals surface area contributed by atoms with Gasteiger partial charge in [-0.25, -0.2) is 4.39 Å². The quantitative estimate of drug-likeness (QED) is 0.911. The van der Waals surface area contributed by atoms with Crippen LogP contribution in [0.1, 0.15) is 31.1 Å². The molecular formula is C14H17BrFN3. The van der Waals surface area contributed by atoms with Crippen molar-refractivity contribution in [2.45, 2.75) is 26.4 Å². The van der Waals surface area contributed by atoms with Crippen LogP contribution in [0.15, 0.2) is 34.9 Å². The van der Waals surface area contributed by atoms with Gasteiger partial charge in [-0.15, -0.1) is 0 Å². The van der Waals surface area contributed by atoms with Crippen molar-refractivity contribution in [1.82, 2.24) is 15.1 Å². The van der Waals surface area contributed by atoms with Crippen molar-refractivity contribution in [3.63, 3.8) is 0 Å². The molecule has 0 saturated heterocycles. The van der Waals surface area contributed by atoms with Gasteiger partial charge in [0.15, 0.2) is 0 Å². The summed E-state index contributed by atoms with van der Waals surface area (Å²) in [7, 11) is 0. The number of aromatic nitrogens is 2. The number of hydrogen-bond donors (Lipinski definition) is 1. The highest BCUT2D eigenvalue weighted by atomic mass is 79.9. The maximum absolute atomic E-state index is 14.1. The van der Waals surface area contributed by atoms with Crippen LogP contribution >= 0.6 is 15.9 Å². The summed E-state index contributed by atoms with van der Waals surface area (Å²) in [5.74, 6) is -0.210. The van der Waals surface area contributed by atoms with Crippen LogP contribution < -0.4 is 5.32 Å². The molecule has 0 aliphatic rings. The van der Waals surface area contributed by atoms with Gasteiger partial charge in [0.05, 0.1) is 11.7 Å². The number of hydrogen-bond acceptors (Lipinski definition) is 2. The van der Waals surface area contributed by atoms with Gasteiger partial charge in [-0.3, -0.25) is 4.68 Å². The summed E-state index contributed by atoms with van der Waals surface area (Å²) in [6, 6.07) is 6.74. The van der Waals surface area contributed by atoms with Crippen LogP contribution in [0.4, 0.5) is 4.39 Å². The molecule has 3 nitrogen and oxygen atoms in total. The van der Waals surface area contributed by atoms with Gasteiger partial charge in [0, 0.05) is 22.8 Å². The fourth-order valence-electron chi connectivity index (χ4n) is 2.17. The Hall–Kier alpha value is -1.20. The molecule has 0 aliphatic carbocycles. The lowest BCUT2D eigenvalue weighted by Gasteiger charge is -2.20. The van der Waals surface area contributed by atoms with Gasteiger partial charge in [0.1, 0.15) is 5.82 Å². The largest absolute Gasteiger partial charge is 0.305 e. The minimum absolute atomic E-state index is 0.190. The van der Waals surface area contributed by atoms with E-state index in [1.54, 1.807) is 12.3 Å². The molecule has 5 heteroatoms. The van der Waals surface area contributed by atoms with Gasteiger partial charge in [-0.2, -0.15) is 5.10 Å². The third-order valence-corrected chi connectivity index (χ3v) is 3.52. The molecule has 0 radical (unpaired) electrons. The minimum Gasteiger partial charge on any atom is -0.305 e. The second-order valence-electron chi connectivity index (χ2n) is 4.23. The summed E-state index contributed by atoms with van der Waals surface area (Å²) in [4.78, 5) is 0. The average molecular weight is 326 g/mol. The van der Waals surface area contributed by atoms with Gasteiger partial charge in [-0.05, 0) is 37.7 Å².